The number of hydrogen-bond donors (Lipinski definition) is 0. The summed E-state index contributed by atoms with van der Waals surface area (Å²) >= 11 is 0. The fourth-order valence-corrected chi connectivity index (χ4v) is 2.14. The largest absolute Gasteiger partial charge is 0.463 e. The van der Waals surface area contributed by atoms with Crippen molar-refractivity contribution < 1.29 is 23.5 Å². The second kappa shape index (κ2) is 6.25. The molecule has 1 aromatic rings. The highest BCUT2D eigenvalue weighted by Crippen LogP contribution is 2.25. The maximum absolute atomic E-state index is 12.0. The number of carbonyl (C=O) groups is 2. The third-order valence-electron chi connectivity index (χ3n) is 3.22. The summed E-state index contributed by atoms with van der Waals surface area (Å²) < 4.78 is 15.1. The molecule has 0 aliphatic carbocycles. The van der Waals surface area contributed by atoms with Crippen molar-refractivity contribution in [3.05, 3.63) is 29.7 Å². The summed E-state index contributed by atoms with van der Waals surface area (Å²) in [6.45, 7) is 6.57. The minimum absolute atomic E-state index is 0.174. The zero-order valence-electron chi connectivity index (χ0n) is 13.3. The predicted molar refractivity (Wildman–Crippen MR) is 80.4 cm³/mol. The summed E-state index contributed by atoms with van der Waals surface area (Å²) in [5.41, 5.74) is 1.38. The second-order valence-electron chi connectivity index (χ2n) is 6.10. The molecule has 0 N–H and O–H groups in total. The quantitative estimate of drug-likeness (QED) is 0.785. The normalized spacial score (nSPS) is 15.3. The van der Waals surface area contributed by atoms with E-state index >= 15 is 0 Å². The first-order valence-electron chi connectivity index (χ1n) is 7.14. The van der Waals surface area contributed by atoms with Crippen LogP contribution in [0.3, 0.4) is 0 Å². The van der Waals surface area contributed by atoms with Crippen molar-refractivity contribution in [1.82, 2.24) is 4.90 Å². The van der Waals surface area contributed by atoms with Gasteiger partial charge in [-0.05, 0) is 38.8 Å². The Morgan fingerprint density at radius 1 is 1.32 bits per heavy atom. The Balaban J connectivity index is 2.01. The van der Waals surface area contributed by atoms with E-state index in [1.165, 1.54) is 13.4 Å². The van der Waals surface area contributed by atoms with Crippen LogP contribution in [0.15, 0.2) is 22.8 Å². The first-order valence-corrected chi connectivity index (χ1v) is 7.14. The molecule has 6 nitrogen and oxygen atoms in total. The number of ether oxygens (including phenoxy) is 2. The van der Waals surface area contributed by atoms with Crippen molar-refractivity contribution in [3.63, 3.8) is 0 Å². The van der Waals surface area contributed by atoms with E-state index in [0.717, 1.165) is 11.1 Å². The van der Waals surface area contributed by atoms with Crippen molar-refractivity contribution in [3.8, 4) is 0 Å². The SMILES string of the molecule is COC(=O)c1cc(C2=CCN(C(=O)OC(C)(C)C)CC2)co1. The number of methoxy groups -OCH3 is 1. The maximum Gasteiger partial charge on any atom is 0.410 e. The average molecular weight is 307 g/mol. The predicted octanol–water partition coefficient (Wildman–Crippen LogP) is 3.09. The lowest BCUT2D eigenvalue weighted by molar-refractivity contribution is 0.0270. The molecule has 1 aliphatic rings. The standard InChI is InChI=1S/C16H21NO5/c1-16(2,3)22-15(19)17-7-5-11(6-8-17)12-9-13(21-10-12)14(18)20-4/h5,9-10H,6-8H2,1-4H3. The van der Waals surface area contributed by atoms with E-state index in [4.69, 9.17) is 9.15 Å². The van der Waals surface area contributed by atoms with Gasteiger partial charge >= 0.3 is 12.1 Å². The lowest BCUT2D eigenvalue weighted by atomic mass is 10.0. The van der Waals surface area contributed by atoms with Crippen molar-refractivity contribution in [1.29, 1.82) is 0 Å². The van der Waals surface area contributed by atoms with Gasteiger partial charge in [0.05, 0.1) is 13.4 Å². The van der Waals surface area contributed by atoms with Gasteiger partial charge in [0.15, 0.2) is 0 Å². The van der Waals surface area contributed by atoms with Gasteiger partial charge in [-0.25, -0.2) is 9.59 Å². The van der Waals surface area contributed by atoms with Gasteiger partial charge in [0, 0.05) is 18.7 Å². The van der Waals surface area contributed by atoms with Crippen molar-refractivity contribution in [2.45, 2.75) is 32.8 Å². The third kappa shape index (κ3) is 3.90. The van der Waals surface area contributed by atoms with Gasteiger partial charge in [0.25, 0.3) is 0 Å². The Morgan fingerprint density at radius 3 is 2.59 bits per heavy atom. The summed E-state index contributed by atoms with van der Waals surface area (Å²) in [5.74, 6) is -0.328. The van der Waals surface area contributed by atoms with Crippen LogP contribution in [0.1, 0.15) is 43.3 Å². The van der Waals surface area contributed by atoms with Gasteiger partial charge < -0.3 is 18.8 Å². The molecule has 0 saturated carbocycles. The molecule has 0 aromatic carbocycles. The van der Waals surface area contributed by atoms with Crippen LogP contribution in [0.2, 0.25) is 0 Å². The van der Waals surface area contributed by atoms with E-state index in [2.05, 4.69) is 4.74 Å². The summed E-state index contributed by atoms with van der Waals surface area (Å²) in [6.07, 6.45) is 3.84. The highest BCUT2D eigenvalue weighted by molar-refractivity contribution is 5.87. The lowest BCUT2D eigenvalue weighted by Crippen LogP contribution is -2.39. The lowest BCUT2D eigenvalue weighted by Gasteiger charge is -2.29. The van der Waals surface area contributed by atoms with Crippen LogP contribution in [-0.4, -0.2) is 42.8 Å². The molecule has 2 heterocycles. The Bertz CT molecular complexity index is 594. The first-order chi connectivity index (χ1) is 10.3. The number of rotatable bonds is 2. The molecular formula is C16H21NO5. The molecule has 0 unspecified atom stereocenters. The molecule has 0 radical (unpaired) electrons. The number of amides is 1. The van der Waals surface area contributed by atoms with Gasteiger partial charge in [-0.15, -0.1) is 0 Å². The van der Waals surface area contributed by atoms with Gasteiger partial charge in [0.1, 0.15) is 5.60 Å². The third-order valence-corrected chi connectivity index (χ3v) is 3.22. The van der Waals surface area contributed by atoms with Crippen molar-refractivity contribution in [2.24, 2.45) is 0 Å². The van der Waals surface area contributed by atoms with Gasteiger partial charge in [-0.3, -0.25) is 0 Å². The van der Waals surface area contributed by atoms with Crippen LogP contribution >= 0.6 is 0 Å². The highest BCUT2D eigenvalue weighted by atomic mass is 16.6. The maximum atomic E-state index is 12.0. The molecule has 0 saturated heterocycles. The molecule has 0 spiro atoms. The summed E-state index contributed by atoms with van der Waals surface area (Å²) in [5, 5.41) is 0. The fourth-order valence-electron chi connectivity index (χ4n) is 2.14. The van der Waals surface area contributed by atoms with E-state index in [1.54, 1.807) is 11.0 Å². The average Bonchev–Trinajstić information content (AvgIpc) is 2.94. The van der Waals surface area contributed by atoms with E-state index in [9.17, 15) is 9.59 Å². The monoisotopic (exact) mass is 307 g/mol. The molecule has 1 aromatic heterocycles. The van der Waals surface area contributed by atoms with E-state index in [1.807, 2.05) is 26.8 Å². The molecule has 6 heteroatoms. The minimum Gasteiger partial charge on any atom is -0.463 e. The molecule has 0 bridgehead atoms. The van der Waals surface area contributed by atoms with Crippen LogP contribution in [0.4, 0.5) is 4.79 Å². The molecule has 22 heavy (non-hydrogen) atoms. The summed E-state index contributed by atoms with van der Waals surface area (Å²) in [4.78, 5) is 25.0. The Kier molecular flexibility index (Phi) is 4.59. The van der Waals surface area contributed by atoms with E-state index in [0.29, 0.717) is 19.5 Å². The Morgan fingerprint density at radius 2 is 2.05 bits per heavy atom. The zero-order chi connectivity index (χ0) is 16.3. The number of furan rings is 1. The zero-order valence-corrected chi connectivity index (χ0v) is 13.3. The number of nitrogens with zero attached hydrogens (tertiary/aromatic N) is 1. The smallest absolute Gasteiger partial charge is 0.410 e. The molecule has 120 valence electrons. The number of hydrogen-bond acceptors (Lipinski definition) is 5. The molecular weight excluding hydrogens is 286 g/mol. The van der Waals surface area contributed by atoms with Crippen LogP contribution < -0.4 is 0 Å². The molecule has 1 aliphatic heterocycles. The highest BCUT2D eigenvalue weighted by Gasteiger charge is 2.24. The molecule has 1 amide bonds. The fraction of sp³-hybridized carbons (Fsp3) is 0.500. The number of esters is 1. The van der Waals surface area contributed by atoms with Crippen LogP contribution in [0, 0.1) is 0 Å². The topological polar surface area (TPSA) is 69.0 Å². The Hall–Kier alpha value is -2.24. The number of carbonyl (C=O) groups excluding carboxylic acids is 2. The van der Waals surface area contributed by atoms with Gasteiger partial charge in [0.2, 0.25) is 5.76 Å². The van der Waals surface area contributed by atoms with Crippen molar-refractivity contribution in [2.75, 3.05) is 20.2 Å². The molecule has 2 rings (SSSR count). The van der Waals surface area contributed by atoms with Crippen molar-refractivity contribution >= 4 is 17.6 Å². The summed E-state index contributed by atoms with van der Waals surface area (Å²) in [6, 6.07) is 1.65. The van der Waals surface area contributed by atoms with Crippen LogP contribution in [-0.2, 0) is 9.47 Å². The van der Waals surface area contributed by atoms with Gasteiger partial charge in [-0.1, -0.05) is 6.08 Å². The van der Waals surface area contributed by atoms with Crippen LogP contribution in [0.5, 0.6) is 0 Å². The van der Waals surface area contributed by atoms with Gasteiger partial charge in [-0.2, -0.15) is 0 Å². The minimum atomic E-state index is -0.502. The Labute approximate surface area is 129 Å². The van der Waals surface area contributed by atoms with E-state index in [-0.39, 0.29) is 11.9 Å². The second-order valence-corrected chi connectivity index (χ2v) is 6.10. The first kappa shape index (κ1) is 16.1. The van der Waals surface area contributed by atoms with E-state index < -0.39 is 11.6 Å². The molecule has 0 atom stereocenters. The van der Waals surface area contributed by atoms with Crippen LogP contribution in [0.25, 0.3) is 5.57 Å². The summed E-state index contributed by atoms with van der Waals surface area (Å²) in [7, 11) is 1.31. The molecule has 0 fully saturated rings.